The minimum absolute atomic E-state index is 0.229. The molecule has 0 unspecified atom stereocenters. The Balaban J connectivity index is 2.05. The van der Waals surface area contributed by atoms with Crippen LogP contribution >= 0.6 is 27.7 Å². The Morgan fingerprint density at radius 2 is 2.19 bits per heavy atom. The Morgan fingerprint density at radius 3 is 2.88 bits per heavy atom. The maximum atomic E-state index is 13.1. The highest BCUT2D eigenvalue weighted by Crippen LogP contribution is 2.23. The molecule has 0 amide bonds. The summed E-state index contributed by atoms with van der Waals surface area (Å²) in [5.41, 5.74) is 0.926. The van der Waals surface area contributed by atoms with Crippen LogP contribution in [-0.4, -0.2) is 9.97 Å². The zero-order valence-electron chi connectivity index (χ0n) is 8.23. The smallest absolute Gasteiger partial charge is 0.124 e. The lowest BCUT2D eigenvalue weighted by atomic mass is 10.2. The van der Waals surface area contributed by atoms with Crippen LogP contribution in [0.3, 0.4) is 0 Å². The van der Waals surface area contributed by atoms with Crippen LogP contribution in [0, 0.1) is 5.82 Å². The summed E-state index contributed by atoms with van der Waals surface area (Å²) in [7, 11) is 0. The Kier molecular flexibility index (Phi) is 3.90. The topological polar surface area (TPSA) is 25.8 Å². The van der Waals surface area contributed by atoms with E-state index in [-0.39, 0.29) is 5.82 Å². The maximum absolute atomic E-state index is 13.1. The highest BCUT2D eigenvalue weighted by atomic mass is 79.9. The van der Waals surface area contributed by atoms with Crippen LogP contribution in [0.4, 0.5) is 4.39 Å². The first-order valence-electron chi connectivity index (χ1n) is 4.58. The number of nitrogens with zero attached hydrogens (tertiary/aromatic N) is 2. The molecule has 2 rings (SSSR count). The molecule has 0 saturated carbocycles. The second kappa shape index (κ2) is 5.41. The van der Waals surface area contributed by atoms with Crippen molar-refractivity contribution in [2.75, 3.05) is 0 Å². The van der Waals surface area contributed by atoms with Crippen molar-refractivity contribution in [2.24, 2.45) is 0 Å². The third-order valence-corrected chi connectivity index (χ3v) is 3.34. The summed E-state index contributed by atoms with van der Waals surface area (Å²) in [6.45, 7) is 0. The third-order valence-electron chi connectivity index (χ3n) is 1.86. The minimum atomic E-state index is -0.229. The van der Waals surface area contributed by atoms with E-state index in [0.29, 0.717) is 5.75 Å². The molecule has 0 aliphatic carbocycles. The zero-order valence-corrected chi connectivity index (χ0v) is 10.6. The summed E-state index contributed by atoms with van der Waals surface area (Å²) in [6, 6.07) is 6.70. The lowest BCUT2D eigenvalue weighted by Gasteiger charge is -2.02. The van der Waals surface area contributed by atoms with Gasteiger partial charge in [-0.15, -0.1) is 11.8 Å². The van der Waals surface area contributed by atoms with Gasteiger partial charge in [-0.25, -0.2) is 14.4 Å². The lowest BCUT2D eigenvalue weighted by molar-refractivity contribution is 0.625. The van der Waals surface area contributed by atoms with E-state index in [1.54, 1.807) is 18.0 Å². The van der Waals surface area contributed by atoms with E-state index >= 15 is 0 Å². The van der Waals surface area contributed by atoms with Gasteiger partial charge in [-0.1, -0.05) is 15.9 Å². The average Bonchev–Trinajstić information content (AvgIpc) is 2.27. The van der Waals surface area contributed by atoms with Gasteiger partial charge in [0.05, 0.1) is 5.03 Å². The molecule has 5 heteroatoms. The molecule has 0 aliphatic rings. The van der Waals surface area contributed by atoms with Crippen molar-refractivity contribution in [3.63, 3.8) is 0 Å². The van der Waals surface area contributed by atoms with Crippen LogP contribution in [0.2, 0.25) is 0 Å². The number of rotatable bonds is 3. The molecule has 0 fully saturated rings. The number of aromatic nitrogens is 2. The van der Waals surface area contributed by atoms with Gasteiger partial charge < -0.3 is 0 Å². The molecule has 0 radical (unpaired) electrons. The molecule has 1 heterocycles. The van der Waals surface area contributed by atoms with Crippen molar-refractivity contribution >= 4 is 27.7 Å². The SMILES string of the molecule is Fc1cc(Br)cc(CSc2ccncn2)c1. The first kappa shape index (κ1) is 11.5. The van der Waals surface area contributed by atoms with E-state index in [0.717, 1.165) is 15.1 Å². The van der Waals surface area contributed by atoms with Gasteiger partial charge in [-0.05, 0) is 29.8 Å². The molecular formula is C11H8BrFN2S. The van der Waals surface area contributed by atoms with Crippen LogP contribution in [0.1, 0.15) is 5.56 Å². The third kappa shape index (κ3) is 3.28. The molecule has 2 nitrogen and oxygen atoms in total. The summed E-state index contributed by atoms with van der Waals surface area (Å²) in [5.74, 6) is 0.459. The molecule has 0 saturated heterocycles. The molecule has 1 aromatic carbocycles. The molecule has 1 aromatic heterocycles. The number of halogens is 2. The summed E-state index contributed by atoms with van der Waals surface area (Å²) < 4.78 is 13.8. The predicted octanol–water partition coefficient (Wildman–Crippen LogP) is 3.67. The van der Waals surface area contributed by atoms with Gasteiger partial charge in [0.2, 0.25) is 0 Å². The summed E-state index contributed by atoms with van der Waals surface area (Å²) in [6.07, 6.45) is 3.20. The first-order valence-corrected chi connectivity index (χ1v) is 6.36. The van der Waals surface area contributed by atoms with Gasteiger partial charge in [0.25, 0.3) is 0 Å². The van der Waals surface area contributed by atoms with Crippen molar-refractivity contribution in [3.8, 4) is 0 Å². The Bertz CT molecular complexity index is 458. The molecule has 82 valence electrons. The quantitative estimate of drug-likeness (QED) is 0.639. The van der Waals surface area contributed by atoms with Crippen molar-refractivity contribution in [1.29, 1.82) is 0 Å². The van der Waals surface area contributed by atoms with Gasteiger partial charge in [0, 0.05) is 16.4 Å². The van der Waals surface area contributed by atoms with Gasteiger partial charge >= 0.3 is 0 Å². The van der Waals surface area contributed by atoms with E-state index in [2.05, 4.69) is 25.9 Å². The van der Waals surface area contributed by atoms with E-state index in [1.165, 1.54) is 18.5 Å². The summed E-state index contributed by atoms with van der Waals surface area (Å²) in [5, 5.41) is 0.885. The fraction of sp³-hybridized carbons (Fsp3) is 0.0909. The fourth-order valence-corrected chi connectivity index (χ4v) is 2.49. The highest BCUT2D eigenvalue weighted by molar-refractivity contribution is 9.10. The second-order valence-corrected chi connectivity index (χ2v) is 5.03. The normalized spacial score (nSPS) is 10.4. The molecule has 2 aromatic rings. The molecule has 0 atom stereocenters. The highest BCUT2D eigenvalue weighted by Gasteiger charge is 2.01. The Labute approximate surface area is 105 Å². The van der Waals surface area contributed by atoms with Gasteiger partial charge in [-0.3, -0.25) is 0 Å². The lowest BCUT2D eigenvalue weighted by Crippen LogP contribution is -1.86. The van der Waals surface area contributed by atoms with E-state index in [1.807, 2.05) is 12.1 Å². The largest absolute Gasteiger partial charge is 0.245 e. The van der Waals surface area contributed by atoms with Crippen molar-refractivity contribution in [3.05, 3.63) is 52.6 Å². The molecule has 0 aliphatic heterocycles. The van der Waals surface area contributed by atoms with E-state index in [9.17, 15) is 4.39 Å². The summed E-state index contributed by atoms with van der Waals surface area (Å²) >= 11 is 4.82. The maximum Gasteiger partial charge on any atom is 0.124 e. The fourth-order valence-electron chi connectivity index (χ4n) is 1.22. The van der Waals surface area contributed by atoms with Crippen LogP contribution in [-0.2, 0) is 5.75 Å². The number of hydrogen-bond donors (Lipinski definition) is 0. The second-order valence-electron chi connectivity index (χ2n) is 3.11. The Hall–Kier alpha value is -0.940. The molecule has 0 N–H and O–H groups in total. The van der Waals surface area contributed by atoms with Crippen LogP contribution < -0.4 is 0 Å². The van der Waals surface area contributed by atoms with Crippen LogP contribution in [0.25, 0.3) is 0 Å². The Morgan fingerprint density at radius 1 is 1.31 bits per heavy atom. The van der Waals surface area contributed by atoms with Crippen LogP contribution in [0.5, 0.6) is 0 Å². The summed E-state index contributed by atoms with van der Waals surface area (Å²) in [4.78, 5) is 7.92. The van der Waals surface area contributed by atoms with Gasteiger partial charge in [0.1, 0.15) is 12.1 Å². The number of benzene rings is 1. The first-order chi connectivity index (χ1) is 7.74. The molecule has 0 spiro atoms. The van der Waals surface area contributed by atoms with Gasteiger partial charge in [-0.2, -0.15) is 0 Å². The van der Waals surface area contributed by atoms with Crippen molar-refractivity contribution in [2.45, 2.75) is 10.8 Å². The van der Waals surface area contributed by atoms with Crippen molar-refractivity contribution < 1.29 is 4.39 Å². The van der Waals surface area contributed by atoms with E-state index < -0.39 is 0 Å². The minimum Gasteiger partial charge on any atom is -0.245 e. The number of hydrogen-bond acceptors (Lipinski definition) is 3. The van der Waals surface area contributed by atoms with Gasteiger partial charge in [0.15, 0.2) is 0 Å². The number of thioether (sulfide) groups is 1. The van der Waals surface area contributed by atoms with Crippen LogP contribution in [0.15, 0.2) is 46.3 Å². The predicted molar refractivity (Wildman–Crippen MR) is 65.7 cm³/mol. The molecule has 0 bridgehead atoms. The van der Waals surface area contributed by atoms with Crippen molar-refractivity contribution in [1.82, 2.24) is 9.97 Å². The zero-order chi connectivity index (χ0) is 11.4. The average molecular weight is 299 g/mol. The molecule has 16 heavy (non-hydrogen) atoms. The van der Waals surface area contributed by atoms with E-state index in [4.69, 9.17) is 0 Å². The molecular weight excluding hydrogens is 291 g/mol. The monoisotopic (exact) mass is 298 g/mol. The standard InChI is InChI=1S/C11H8BrFN2S/c12-9-3-8(4-10(13)5-9)6-16-11-1-2-14-7-15-11/h1-5,7H,6H2.